The molecule has 3 aromatic rings. The van der Waals surface area contributed by atoms with Crippen LogP contribution in [0.2, 0.25) is 5.02 Å². The summed E-state index contributed by atoms with van der Waals surface area (Å²) in [6, 6.07) is 13.0. The van der Waals surface area contributed by atoms with Gasteiger partial charge in [0.25, 0.3) is 0 Å². The SMILES string of the molecule is CS(=O)(=O)N1CC[C@H](NC(=O)Nc2ccc3cc2CCc2cccc(c2)Nc2ncc(Cl)c(n2)N3)C1.O=C(O)C(F)(F)F. The van der Waals surface area contributed by atoms with Crippen molar-refractivity contribution in [1.82, 2.24) is 19.6 Å². The van der Waals surface area contributed by atoms with E-state index in [1.807, 2.05) is 36.4 Å². The number of aliphatic carboxylic acids is 1. The van der Waals surface area contributed by atoms with E-state index in [9.17, 15) is 26.4 Å². The summed E-state index contributed by atoms with van der Waals surface area (Å²) in [5.74, 6) is -1.87. The fourth-order valence-electron chi connectivity index (χ4n) is 4.36. The van der Waals surface area contributed by atoms with Crippen molar-refractivity contribution >= 4 is 62.5 Å². The molecule has 1 fully saturated rings. The molecule has 1 atom stereocenters. The minimum absolute atomic E-state index is 0.241. The molecule has 0 spiro atoms. The normalized spacial score (nSPS) is 16.5. The predicted octanol–water partition coefficient (Wildman–Crippen LogP) is 4.50. The highest BCUT2D eigenvalue weighted by atomic mass is 35.5. The van der Waals surface area contributed by atoms with E-state index in [4.69, 9.17) is 21.5 Å². The van der Waals surface area contributed by atoms with E-state index in [-0.39, 0.29) is 18.6 Å². The number of halogens is 4. The van der Waals surface area contributed by atoms with Crippen LogP contribution in [0.15, 0.2) is 48.7 Å². The van der Waals surface area contributed by atoms with Gasteiger partial charge in [-0.25, -0.2) is 27.3 Å². The molecule has 1 aromatic heterocycles. The minimum atomic E-state index is -5.08. The number of fused-ring (bicyclic) bond motifs is 6. The third-order valence-corrected chi connectivity index (χ3v) is 7.97. The molecule has 17 heteroatoms. The highest BCUT2D eigenvalue weighted by Gasteiger charge is 2.38. The van der Waals surface area contributed by atoms with Gasteiger partial charge in [0.2, 0.25) is 16.0 Å². The Labute approximate surface area is 249 Å². The second-order valence-electron chi connectivity index (χ2n) is 9.72. The van der Waals surface area contributed by atoms with Crippen molar-refractivity contribution in [2.45, 2.75) is 31.5 Å². The predicted molar refractivity (Wildman–Crippen MR) is 155 cm³/mol. The molecule has 2 aliphatic heterocycles. The fraction of sp³-hybridized carbons (Fsp3) is 0.308. The van der Waals surface area contributed by atoms with Gasteiger partial charge in [-0.05, 0) is 60.7 Å². The zero-order valence-corrected chi connectivity index (χ0v) is 24.1. The molecule has 0 saturated carbocycles. The van der Waals surface area contributed by atoms with Gasteiger partial charge in [0.1, 0.15) is 5.02 Å². The molecule has 2 amide bonds. The Balaban J connectivity index is 0.000000541. The Morgan fingerprint density at radius 3 is 2.51 bits per heavy atom. The van der Waals surface area contributed by atoms with Crippen LogP contribution in [-0.4, -0.2) is 71.4 Å². The summed E-state index contributed by atoms with van der Waals surface area (Å²) < 4.78 is 56.7. The Bertz CT molecular complexity index is 1620. The molecule has 0 unspecified atom stereocenters. The molecule has 1 saturated heterocycles. The number of sulfonamides is 1. The summed E-state index contributed by atoms with van der Waals surface area (Å²) in [7, 11) is -3.27. The Morgan fingerprint density at radius 2 is 1.84 bits per heavy atom. The summed E-state index contributed by atoms with van der Waals surface area (Å²) in [4.78, 5) is 30.4. The molecule has 2 aromatic carbocycles. The van der Waals surface area contributed by atoms with E-state index in [2.05, 4.69) is 37.3 Å². The van der Waals surface area contributed by atoms with Gasteiger partial charge < -0.3 is 26.4 Å². The van der Waals surface area contributed by atoms with Crippen LogP contribution in [0.5, 0.6) is 0 Å². The minimum Gasteiger partial charge on any atom is -0.475 e. The van der Waals surface area contributed by atoms with Crippen molar-refractivity contribution in [3.8, 4) is 0 Å². The van der Waals surface area contributed by atoms with E-state index in [1.54, 1.807) is 0 Å². The van der Waals surface area contributed by atoms with Gasteiger partial charge in [-0.3, -0.25) is 0 Å². The molecule has 3 heterocycles. The number of urea groups is 1. The van der Waals surface area contributed by atoms with Crippen LogP contribution < -0.4 is 21.3 Å². The lowest BCUT2D eigenvalue weighted by Crippen LogP contribution is -2.40. The maximum atomic E-state index is 12.8. The van der Waals surface area contributed by atoms with E-state index >= 15 is 0 Å². The lowest BCUT2D eigenvalue weighted by Gasteiger charge is -2.17. The number of amides is 2. The number of carboxylic acid groups (broad SMARTS) is 1. The number of nitrogens with zero attached hydrogens (tertiary/aromatic N) is 3. The van der Waals surface area contributed by atoms with Gasteiger partial charge >= 0.3 is 18.2 Å². The number of benzene rings is 2. The number of hydrogen-bond donors (Lipinski definition) is 5. The van der Waals surface area contributed by atoms with Gasteiger partial charge in [-0.15, -0.1) is 0 Å². The van der Waals surface area contributed by atoms with E-state index in [0.717, 1.165) is 28.9 Å². The molecule has 5 N–H and O–H groups in total. The molecular weight excluding hydrogens is 615 g/mol. The molecule has 0 aliphatic carbocycles. The number of hydrogen-bond acceptors (Lipinski definition) is 8. The topological polar surface area (TPSA) is 166 Å². The van der Waals surface area contributed by atoms with Crippen LogP contribution in [0.4, 0.5) is 46.8 Å². The first-order valence-electron chi connectivity index (χ1n) is 12.8. The third-order valence-electron chi connectivity index (χ3n) is 6.42. The van der Waals surface area contributed by atoms with Crippen molar-refractivity contribution in [3.63, 3.8) is 0 Å². The maximum Gasteiger partial charge on any atom is 0.490 e. The standard InChI is InChI=1S/C24H26ClN7O3S.C2HF3O2/c1-36(34,35)32-10-9-19(14-32)29-24(33)30-21-8-7-18-12-16(21)6-5-15-3-2-4-17(11-15)28-23-26-13-20(25)22(27-18)31-23;3-2(4,5)1(6)7/h2-4,7-8,11-13,19H,5-6,9-10,14H2,1H3,(H2,29,30,33)(H2,26,27,28,31);(H,6,7)/t19-;/m0./s1. The monoisotopic (exact) mass is 641 g/mol. The molecule has 5 rings (SSSR count). The smallest absolute Gasteiger partial charge is 0.475 e. The maximum absolute atomic E-state index is 12.8. The van der Waals surface area contributed by atoms with Crippen molar-refractivity contribution < 1.29 is 36.3 Å². The van der Waals surface area contributed by atoms with Crippen molar-refractivity contribution in [2.75, 3.05) is 35.3 Å². The Hall–Kier alpha value is -4.15. The fourth-order valence-corrected chi connectivity index (χ4v) is 5.38. The van der Waals surface area contributed by atoms with Crippen LogP contribution in [0.3, 0.4) is 0 Å². The summed E-state index contributed by atoms with van der Waals surface area (Å²) in [6.45, 7) is 0.671. The number of alkyl halides is 3. The van der Waals surface area contributed by atoms with Crippen LogP contribution >= 0.6 is 11.6 Å². The van der Waals surface area contributed by atoms with Crippen molar-refractivity contribution in [1.29, 1.82) is 0 Å². The lowest BCUT2D eigenvalue weighted by molar-refractivity contribution is -0.192. The van der Waals surface area contributed by atoms with Gasteiger partial charge in [0.05, 0.1) is 12.5 Å². The zero-order chi connectivity index (χ0) is 31.4. The number of carbonyl (C=O) groups is 2. The highest BCUT2D eigenvalue weighted by Crippen LogP contribution is 2.29. The van der Waals surface area contributed by atoms with Crippen LogP contribution in [0.1, 0.15) is 17.5 Å². The van der Waals surface area contributed by atoms with Gasteiger partial charge in [0, 0.05) is 36.2 Å². The average molecular weight is 642 g/mol. The van der Waals surface area contributed by atoms with Crippen LogP contribution in [0.25, 0.3) is 0 Å². The quantitative estimate of drug-likeness (QED) is 0.277. The second kappa shape index (κ2) is 13.0. The number of aryl methyl sites for hydroxylation is 2. The first-order chi connectivity index (χ1) is 20.2. The number of rotatable bonds is 3. The molecule has 2 aliphatic rings. The first-order valence-corrected chi connectivity index (χ1v) is 15.0. The summed E-state index contributed by atoms with van der Waals surface area (Å²) in [5.41, 5.74) is 4.36. The van der Waals surface area contributed by atoms with Crippen LogP contribution in [-0.2, 0) is 27.7 Å². The summed E-state index contributed by atoms with van der Waals surface area (Å²) in [6.07, 6.45) is -0.364. The molecule has 12 nitrogen and oxygen atoms in total. The third kappa shape index (κ3) is 8.92. The lowest BCUT2D eigenvalue weighted by atomic mass is 10.0. The molecular formula is C26H27ClF3N7O5S. The molecule has 230 valence electrons. The zero-order valence-electron chi connectivity index (χ0n) is 22.6. The van der Waals surface area contributed by atoms with Gasteiger partial charge in [-0.2, -0.15) is 18.2 Å². The van der Waals surface area contributed by atoms with Crippen LogP contribution in [0, 0.1) is 0 Å². The largest absolute Gasteiger partial charge is 0.490 e. The van der Waals surface area contributed by atoms with Gasteiger partial charge in [-0.1, -0.05) is 23.7 Å². The average Bonchev–Trinajstić information content (AvgIpc) is 3.39. The van der Waals surface area contributed by atoms with E-state index in [0.29, 0.717) is 41.9 Å². The van der Waals surface area contributed by atoms with E-state index < -0.39 is 22.2 Å². The Morgan fingerprint density at radius 1 is 1.12 bits per heavy atom. The number of nitrogens with one attached hydrogen (secondary N) is 4. The number of aromatic nitrogens is 2. The second-order valence-corrected chi connectivity index (χ2v) is 12.1. The molecule has 6 bridgehead atoms. The summed E-state index contributed by atoms with van der Waals surface area (Å²) >= 11 is 6.33. The van der Waals surface area contributed by atoms with Gasteiger partial charge in [0.15, 0.2) is 5.82 Å². The van der Waals surface area contributed by atoms with Crippen molar-refractivity contribution in [3.05, 3.63) is 64.8 Å². The summed E-state index contributed by atoms with van der Waals surface area (Å²) in [5, 5.41) is 19.8. The molecule has 0 radical (unpaired) electrons. The number of carboxylic acids is 1. The first kappa shape index (κ1) is 31.8. The number of anilines is 5. The molecule has 43 heavy (non-hydrogen) atoms. The van der Waals surface area contributed by atoms with E-state index in [1.165, 1.54) is 16.8 Å². The Kier molecular flexibility index (Phi) is 9.62. The van der Waals surface area contributed by atoms with Crippen molar-refractivity contribution in [2.24, 2.45) is 0 Å². The number of carbonyl (C=O) groups excluding carboxylic acids is 1. The highest BCUT2D eigenvalue weighted by molar-refractivity contribution is 7.88.